The predicted octanol–water partition coefficient (Wildman–Crippen LogP) is 4.87. The van der Waals surface area contributed by atoms with Crippen molar-refractivity contribution in [1.29, 1.82) is 5.26 Å². The van der Waals surface area contributed by atoms with Crippen molar-refractivity contribution >= 4 is 15.9 Å². The Morgan fingerprint density at radius 3 is 2.75 bits per heavy atom. The first-order chi connectivity index (χ1) is 11.6. The van der Waals surface area contributed by atoms with Gasteiger partial charge in [-0.1, -0.05) is 15.9 Å². The molecule has 0 unspecified atom stereocenters. The van der Waals surface area contributed by atoms with Gasteiger partial charge in [0.25, 0.3) is 5.79 Å². The Bertz CT molecular complexity index is 896. The van der Waals surface area contributed by atoms with Gasteiger partial charge in [-0.3, -0.25) is 0 Å². The normalized spacial score (nSPS) is 16.4. The third kappa shape index (κ3) is 2.33. The van der Waals surface area contributed by atoms with Crippen LogP contribution in [0.5, 0.6) is 11.5 Å². The van der Waals surface area contributed by atoms with E-state index in [-0.39, 0.29) is 11.3 Å². The smallest absolute Gasteiger partial charge is 0.278 e. The van der Waals surface area contributed by atoms with Gasteiger partial charge in [-0.2, -0.15) is 5.26 Å². The predicted molar refractivity (Wildman–Crippen MR) is 86.6 cm³/mol. The fourth-order valence-electron chi connectivity index (χ4n) is 3.12. The van der Waals surface area contributed by atoms with Crippen molar-refractivity contribution in [2.45, 2.75) is 18.6 Å². The minimum absolute atomic E-state index is 0.210. The first kappa shape index (κ1) is 15.0. The Kier molecular flexibility index (Phi) is 3.47. The molecular formula is C18H11BrFNO3. The number of ether oxygens (including phenoxy) is 3. The maximum atomic E-state index is 13.6. The lowest BCUT2D eigenvalue weighted by Gasteiger charge is -2.24. The Morgan fingerprint density at radius 2 is 2.00 bits per heavy atom. The van der Waals surface area contributed by atoms with Gasteiger partial charge in [0, 0.05) is 22.5 Å². The molecule has 0 atom stereocenters. The summed E-state index contributed by atoms with van der Waals surface area (Å²) in [6.45, 7) is 0. The highest BCUT2D eigenvalue weighted by atomic mass is 79.9. The number of benzene rings is 2. The van der Waals surface area contributed by atoms with Gasteiger partial charge in [0.1, 0.15) is 29.8 Å². The van der Waals surface area contributed by atoms with Crippen LogP contribution in [0.4, 0.5) is 4.39 Å². The summed E-state index contributed by atoms with van der Waals surface area (Å²) in [5.41, 5.74) is 2.03. The van der Waals surface area contributed by atoms with Crippen molar-refractivity contribution in [2.24, 2.45) is 0 Å². The van der Waals surface area contributed by atoms with Crippen molar-refractivity contribution in [3.8, 4) is 17.6 Å². The number of nitriles is 1. The molecule has 2 aromatic rings. The van der Waals surface area contributed by atoms with Crippen LogP contribution in [-0.4, -0.2) is 0 Å². The molecule has 120 valence electrons. The number of hydrogen-bond donors (Lipinski definition) is 0. The molecule has 0 saturated carbocycles. The zero-order valence-corrected chi connectivity index (χ0v) is 14.0. The molecule has 0 radical (unpaired) electrons. The van der Waals surface area contributed by atoms with E-state index < -0.39 is 11.6 Å². The second-order valence-electron chi connectivity index (χ2n) is 5.55. The average Bonchev–Trinajstić information content (AvgIpc) is 3.19. The molecule has 0 aromatic heterocycles. The van der Waals surface area contributed by atoms with Gasteiger partial charge < -0.3 is 14.2 Å². The summed E-state index contributed by atoms with van der Waals surface area (Å²) in [6.07, 6.45) is 4.41. The van der Waals surface area contributed by atoms with Crippen molar-refractivity contribution in [3.05, 3.63) is 69.8 Å². The Morgan fingerprint density at radius 1 is 1.21 bits per heavy atom. The topological polar surface area (TPSA) is 51.5 Å². The minimum Gasteiger partial charge on any atom is -0.457 e. The average molecular weight is 388 g/mol. The Balaban J connectivity index is 1.75. The van der Waals surface area contributed by atoms with Gasteiger partial charge in [-0.15, -0.1) is 0 Å². The van der Waals surface area contributed by atoms with E-state index in [9.17, 15) is 4.39 Å². The molecule has 1 heterocycles. The molecule has 1 aliphatic heterocycles. The first-order valence-corrected chi connectivity index (χ1v) is 8.12. The van der Waals surface area contributed by atoms with Gasteiger partial charge >= 0.3 is 0 Å². The molecular weight excluding hydrogens is 377 g/mol. The van der Waals surface area contributed by atoms with Crippen molar-refractivity contribution in [3.63, 3.8) is 0 Å². The molecule has 1 spiro atoms. The molecule has 4 nitrogen and oxygen atoms in total. The van der Waals surface area contributed by atoms with Crippen LogP contribution in [0.2, 0.25) is 0 Å². The lowest BCUT2D eigenvalue weighted by molar-refractivity contribution is -0.147. The Labute approximate surface area is 146 Å². The van der Waals surface area contributed by atoms with Crippen LogP contribution in [0.15, 0.2) is 47.3 Å². The fourth-order valence-corrected chi connectivity index (χ4v) is 3.80. The lowest BCUT2D eigenvalue weighted by atomic mass is 10.1. The van der Waals surface area contributed by atoms with E-state index >= 15 is 0 Å². The monoisotopic (exact) mass is 387 g/mol. The summed E-state index contributed by atoms with van der Waals surface area (Å²) in [4.78, 5) is 0. The van der Waals surface area contributed by atoms with Gasteiger partial charge in [-0.05, 0) is 30.7 Å². The summed E-state index contributed by atoms with van der Waals surface area (Å²) in [6, 6.07) is 9.50. The van der Waals surface area contributed by atoms with Gasteiger partial charge in [-0.25, -0.2) is 4.39 Å². The molecule has 4 rings (SSSR count). The highest BCUT2D eigenvalue weighted by Gasteiger charge is 2.47. The molecule has 0 N–H and O–H groups in total. The van der Waals surface area contributed by atoms with Crippen molar-refractivity contribution < 1.29 is 18.6 Å². The second-order valence-corrected chi connectivity index (χ2v) is 6.40. The molecule has 2 aromatic carbocycles. The van der Waals surface area contributed by atoms with E-state index in [1.54, 1.807) is 6.07 Å². The van der Waals surface area contributed by atoms with Gasteiger partial charge in [0.15, 0.2) is 0 Å². The highest BCUT2D eigenvalue weighted by Crippen LogP contribution is 2.50. The quantitative estimate of drug-likeness (QED) is 0.737. The third-order valence-electron chi connectivity index (χ3n) is 4.10. The summed E-state index contributed by atoms with van der Waals surface area (Å²) in [5, 5.41) is 8.96. The van der Waals surface area contributed by atoms with E-state index in [4.69, 9.17) is 19.5 Å². The molecule has 0 fully saturated rings. The summed E-state index contributed by atoms with van der Waals surface area (Å²) in [5.74, 6) is -0.462. The number of hydrogen-bond acceptors (Lipinski definition) is 4. The van der Waals surface area contributed by atoms with Crippen LogP contribution < -0.4 is 4.74 Å². The number of rotatable bonds is 2. The SMILES string of the molecule is N#Cc1cc(F)cc(Oc2ccc(Br)c3c2CCC32OC=CO2)c1. The molecule has 1 aliphatic carbocycles. The fraction of sp³-hybridized carbons (Fsp3) is 0.167. The van der Waals surface area contributed by atoms with Crippen molar-refractivity contribution in [1.82, 2.24) is 0 Å². The maximum absolute atomic E-state index is 13.6. The molecule has 0 bridgehead atoms. The highest BCUT2D eigenvalue weighted by molar-refractivity contribution is 9.10. The van der Waals surface area contributed by atoms with E-state index in [1.807, 2.05) is 12.1 Å². The standard InChI is InChI=1S/C18H11BrFNO3/c19-15-1-2-16(24-13-8-11(10-21)7-12(20)9-13)14-3-4-18(17(14)15)22-5-6-23-18/h1-2,5-9H,3-4H2. The minimum atomic E-state index is -0.826. The van der Waals surface area contributed by atoms with E-state index in [2.05, 4.69) is 15.9 Å². The van der Waals surface area contributed by atoms with Gasteiger partial charge in [0.2, 0.25) is 0 Å². The summed E-state index contributed by atoms with van der Waals surface area (Å²) < 4.78 is 31.7. The van der Waals surface area contributed by atoms with E-state index in [1.165, 1.54) is 30.7 Å². The van der Waals surface area contributed by atoms with Crippen LogP contribution in [0.3, 0.4) is 0 Å². The number of fused-ring (bicyclic) bond motifs is 2. The summed E-state index contributed by atoms with van der Waals surface area (Å²) in [7, 11) is 0. The summed E-state index contributed by atoms with van der Waals surface area (Å²) >= 11 is 3.54. The Hall–Kier alpha value is -2.52. The van der Waals surface area contributed by atoms with Crippen LogP contribution in [0.1, 0.15) is 23.1 Å². The molecule has 2 aliphatic rings. The number of halogens is 2. The van der Waals surface area contributed by atoms with Gasteiger partial charge in [0.05, 0.1) is 17.2 Å². The van der Waals surface area contributed by atoms with Crippen LogP contribution >= 0.6 is 15.9 Å². The van der Waals surface area contributed by atoms with E-state index in [0.29, 0.717) is 18.6 Å². The largest absolute Gasteiger partial charge is 0.457 e. The second kappa shape index (κ2) is 5.53. The zero-order valence-electron chi connectivity index (χ0n) is 12.4. The lowest BCUT2D eigenvalue weighted by Crippen LogP contribution is -2.23. The molecule has 0 amide bonds. The first-order valence-electron chi connectivity index (χ1n) is 7.32. The molecule has 0 saturated heterocycles. The molecule has 24 heavy (non-hydrogen) atoms. The maximum Gasteiger partial charge on any atom is 0.278 e. The third-order valence-corrected chi connectivity index (χ3v) is 4.77. The zero-order chi connectivity index (χ0) is 16.7. The van der Waals surface area contributed by atoms with Crippen LogP contribution in [-0.2, 0) is 21.7 Å². The van der Waals surface area contributed by atoms with E-state index in [0.717, 1.165) is 15.6 Å². The molecule has 6 heteroatoms. The van der Waals surface area contributed by atoms with Crippen LogP contribution in [0, 0.1) is 17.1 Å². The van der Waals surface area contributed by atoms with Crippen LogP contribution in [0.25, 0.3) is 0 Å². The van der Waals surface area contributed by atoms with Crippen molar-refractivity contribution in [2.75, 3.05) is 0 Å². The number of nitrogens with zero attached hydrogens (tertiary/aromatic N) is 1.